The highest BCUT2D eigenvalue weighted by molar-refractivity contribution is 7.93. The van der Waals surface area contributed by atoms with Crippen LogP contribution >= 0.6 is 0 Å². The van der Waals surface area contributed by atoms with Crippen molar-refractivity contribution in [3.63, 3.8) is 0 Å². The van der Waals surface area contributed by atoms with Crippen molar-refractivity contribution in [2.24, 2.45) is 0 Å². The highest BCUT2D eigenvalue weighted by atomic mass is 32.2. The Bertz CT molecular complexity index is 947. The summed E-state index contributed by atoms with van der Waals surface area (Å²) in [6.45, 7) is 0. The molecule has 0 saturated carbocycles. The summed E-state index contributed by atoms with van der Waals surface area (Å²) in [5.74, 6) is -0.619. The lowest BCUT2D eigenvalue weighted by atomic mass is 10.1. The quantitative estimate of drug-likeness (QED) is 0.795. The van der Waals surface area contributed by atoms with Crippen LogP contribution in [0.4, 0.5) is 5.69 Å². The summed E-state index contributed by atoms with van der Waals surface area (Å²) < 4.78 is 32.1. The zero-order valence-electron chi connectivity index (χ0n) is 12.8. The monoisotopic (exact) mass is 342 g/mol. The van der Waals surface area contributed by atoms with Crippen molar-refractivity contribution in [1.82, 2.24) is 0 Å². The van der Waals surface area contributed by atoms with Gasteiger partial charge in [-0.25, -0.2) is 13.2 Å². The molecule has 7 heteroatoms. The van der Waals surface area contributed by atoms with Crippen molar-refractivity contribution in [1.29, 1.82) is 5.26 Å². The summed E-state index contributed by atoms with van der Waals surface area (Å²) in [5.41, 5.74) is 1.45. The van der Waals surface area contributed by atoms with Gasteiger partial charge in [-0.15, -0.1) is 0 Å². The van der Waals surface area contributed by atoms with E-state index in [0.717, 1.165) is 9.87 Å². The zero-order valence-corrected chi connectivity index (χ0v) is 13.7. The third-order valence-corrected chi connectivity index (χ3v) is 5.74. The van der Waals surface area contributed by atoms with Crippen LogP contribution in [-0.4, -0.2) is 27.5 Å². The molecule has 1 unspecified atom stereocenters. The molecule has 1 heterocycles. The standard InChI is InChI=1S/C17H14N2O4S/c1-23-17(20)16-10-13-6-2-3-8-15(13)19(16)24(21,22)14-7-4-5-12(9-14)11-18/h2-9,16H,10H2,1H3. The van der Waals surface area contributed by atoms with Crippen molar-refractivity contribution >= 4 is 21.7 Å². The zero-order chi connectivity index (χ0) is 17.3. The lowest BCUT2D eigenvalue weighted by Crippen LogP contribution is -2.43. The molecule has 122 valence electrons. The molecule has 24 heavy (non-hydrogen) atoms. The SMILES string of the molecule is COC(=O)C1Cc2ccccc2N1S(=O)(=O)c1cccc(C#N)c1. The lowest BCUT2D eigenvalue weighted by Gasteiger charge is -2.25. The number of nitriles is 1. The first-order valence-corrected chi connectivity index (χ1v) is 8.63. The maximum absolute atomic E-state index is 13.1. The van der Waals surface area contributed by atoms with E-state index >= 15 is 0 Å². The molecule has 1 aliphatic heterocycles. The summed E-state index contributed by atoms with van der Waals surface area (Å²) >= 11 is 0. The Labute approximate surface area is 139 Å². The maximum atomic E-state index is 13.1. The minimum atomic E-state index is -4.01. The Morgan fingerprint density at radius 3 is 2.71 bits per heavy atom. The van der Waals surface area contributed by atoms with Crippen LogP contribution in [0.25, 0.3) is 0 Å². The second-order valence-corrected chi connectivity index (χ2v) is 7.13. The predicted octanol–water partition coefficient (Wildman–Crippen LogP) is 1.85. The first kappa shape index (κ1) is 16.0. The Morgan fingerprint density at radius 2 is 2.00 bits per heavy atom. The number of rotatable bonds is 3. The molecule has 0 spiro atoms. The number of para-hydroxylation sites is 1. The highest BCUT2D eigenvalue weighted by Crippen LogP contribution is 2.37. The van der Waals surface area contributed by atoms with E-state index in [1.807, 2.05) is 6.07 Å². The van der Waals surface area contributed by atoms with Crippen LogP contribution in [0, 0.1) is 11.3 Å². The van der Waals surface area contributed by atoms with Gasteiger partial charge in [0.25, 0.3) is 10.0 Å². The molecule has 0 amide bonds. The van der Waals surface area contributed by atoms with E-state index in [2.05, 4.69) is 0 Å². The van der Waals surface area contributed by atoms with Crippen LogP contribution < -0.4 is 4.31 Å². The highest BCUT2D eigenvalue weighted by Gasteiger charge is 2.42. The Kier molecular flexibility index (Phi) is 3.99. The van der Waals surface area contributed by atoms with Gasteiger partial charge in [-0.3, -0.25) is 4.31 Å². The molecule has 0 aliphatic carbocycles. The van der Waals surface area contributed by atoms with Gasteiger partial charge in [0.1, 0.15) is 6.04 Å². The number of hydrogen-bond acceptors (Lipinski definition) is 5. The normalized spacial score (nSPS) is 16.3. The van der Waals surface area contributed by atoms with Gasteiger partial charge in [-0.1, -0.05) is 24.3 Å². The molecular weight excluding hydrogens is 328 g/mol. The fourth-order valence-electron chi connectivity index (χ4n) is 2.81. The van der Waals surface area contributed by atoms with Crippen molar-refractivity contribution in [2.45, 2.75) is 17.4 Å². The summed E-state index contributed by atoms with van der Waals surface area (Å²) in [6.07, 6.45) is 0.250. The molecule has 0 N–H and O–H groups in total. The number of carbonyl (C=O) groups is 1. The number of esters is 1. The van der Waals surface area contributed by atoms with Crippen LogP contribution in [0.3, 0.4) is 0 Å². The molecule has 0 bridgehead atoms. The van der Waals surface area contributed by atoms with E-state index in [1.165, 1.54) is 31.4 Å². The molecule has 0 aromatic heterocycles. The number of anilines is 1. The third-order valence-electron chi connectivity index (χ3n) is 3.92. The Hall–Kier alpha value is -2.85. The van der Waals surface area contributed by atoms with Gasteiger partial charge in [0.05, 0.1) is 29.3 Å². The molecule has 0 saturated heterocycles. The molecule has 0 fully saturated rings. The molecule has 2 aromatic rings. The molecule has 3 rings (SSSR count). The summed E-state index contributed by atoms with van der Waals surface area (Å²) in [4.78, 5) is 12.1. The molecule has 1 atom stereocenters. The van der Waals surface area contributed by atoms with Crippen molar-refractivity contribution in [3.05, 3.63) is 59.7 Å². The maximum Gasteiger partial charge on any atom is 0.330 e. The van der Waals surface area contributed by atoms with E-state index in [4.69, 9.17) is 10.00 Å². The van der Waals surface area contributed by atoms with E-state index < -0.39 is 22.0 Å². The number of ether oxygens (including phenoxy) is 1. The number of fused-ring (bicyclic) bond motifs is 1. The molecular formula is C17H14N2O4S. The molecule has 0 radical (unpaired) electrons. The van der Waals surface area contributed by atoms with Crippen molar-refractivity contribution in [2.75, 3.05) is 11.4 Å². The summed E-state index contributed by atoms with van der Waals surface area (Å²) in [7, 11) is -2.78. The number of nitrogens with zero attached hydrogens (tertiary/aromatic N) is 2. The van der Waals surface area contributed by atoms with E-state index in [-0.39, 0.29) is 16.9 Å². The lowest BCUT2D eigenvalue weighted by molar-refractivity contribution is -0.141. The Morgan fingerprint density at radius 1 is 1.25 bits per heavy atom. The van der Waals surface area contributed by atoms with E-state index in [1.54, 1.807) is 24.3 Å². The van der Waals surface area contributed by atoms with Crippen LogP contribution in [-0.2, 0) is 26.0 Å². The van der Waals surface area contributed by atoms with Gasteiger partial charge in [0.2, 0.25) is 0 Å². The van der Waals surface area contributed by atoms with E-state index in [9.17, 15) is 13.2 Å². The summed E-state index contributed by atoms with van der Waals surface area (Å²) in [5, 5.41) is 9.00. The second kappa shape index (κ2) is 5.98. The number of sulfonamides is 1. The van der Waals surface area contributed by atoms with Gasteiger partial charge in [0.15, 0.2) is 0 Å². The molecule has 2 aromatic carbocycles. The van der Waals surface area contributed by atoms with Gasteiger partial charge in [0, 0.05) is 6.42 Å². The average molecular weight is 342 g/mol. The molecule has 1 aliphatic rings. The van der Waals surface area contributed by atoms with Crippen LogP contribution in [0.2, 0.25) is 0 Å². The summed E-state index contributed by atoms with van der Waals surface area (Å²) in [6, 6.07) is 13.6. The van der Waals surface area contributed by atoms with Gasteiger partial charge in [-0.05, 0) is 29.8 Å². The average Bonchev–Trinajstić information content (AvgIpc) is 3.01. The number of benzene rings is 2. The smallest absolute Gasteiger partial charge is 0.330 e. The minimum Gasteiger partial charge on any atom is -0.467 e. The largest absolute Gasteiger partial charge is 0.467 e. The fraction of sp³-hybridized carbons (Fsp3) is 0.176. The fourth-order valence-corrected chi connectivity index (χ4v) is 4.50. The Balaban J connectivity index is 2.16. The second-order valence-electron chi connectivity index (χ2n) is 5.31. The minimum absolute atomic E-state index is 0.0350. The number of carbonyl (C=O) groups excluding carboxylic acids is 1. The van der Waals surface area contributed by atoms with Gasteiger partial charge in [-0.2, -0.15) is 5.26 Å². The van der Waals surface area contributed by atoms with Gasteiger partial charge < -0.3 is 4.74 Å². The number of hydrogen-bond donors (Lipinski definition) is 0. The first-order valence-electron chi connectivity index (χ1n) is 7.19. The van der Waals surface area contributed by atoms with Crippen LogP contribution in [0.5, 0.6) is 0 Å². The first-order chi connectivity index (χ1) is 11.5. The van der Waals surface area contributed by atoms with E-state index in [0.29, 0.717) is 5.69 Å². The third kappa shape index (κ3) is 2.51. The van der Waals surface area contributed by atoms with Crippen LogP contribution in [0.15, 0.2) is 53.4 Å². The van der Waals surface area contributed by atoms with Gasteiger partial charge >= 0.3 is 5.97 Å². The predicted molar refractivity (Wildman–Crippen MR) is 86.8 cm³/mol. The number of methoxy groups -OCH3 is 1. The topological polar surface area (TPSA) is 87.5 Å². The van der Waals surface area contributed by atoms with Crippen molar-refractivity contribution in [3.8, 4) is 6.07 Å². The van der Waals surface area contributed by atoms with Crippen LogP contribution in [0.1, 0.15) is 11.1 Å². The molecule has 6 nitrogen and oxygen atoms in total. The van der Waals surface area contributed by atoms with Crippen molar-refractivity contribution < 1.29 is 17.9 Å².